The van der Waals surface area contributed by atoms with Gasteiger partial charge in [0.05, 0.1) is 7.11 Å². The van der Waals surface area contributed by atoms with Gasteiger partial charge in [-0.15, -0.1) is 0 Å². The first-order valence-electron chi connectivity index (χ1n) is 2.60. The summed E-state index contributed by atoms with van der Waals surface area (Å²) < 4.78 is 20.6. The maximum absolute atomic E-state index is 10.7. The van der Waals surface area contributed by atoms with Crippen LogP contribution in [0.2, 0.25) is 0 Å². The molecule has 0 fully saturated rings. The lowest BCUT2D eigenvalue weighted by Crippen LogP contribution is -2.30. The van der Waals surface area contributed by atoms with E-state index in [1.165, 1.54) is 14.2 Å². The molecule has 5 nitrogen and oxygen atoms in total. The third kappa shape index (κ3) is 5.00. The maximum Gasteiger partial charge on any atom is 0.262 e. The molecule has 0 aliphatic rings. The molecule has 0 radical (unpaired) electrons. The van der Waals surface area contributed by atoms with Crippen LogP contribution in [-0.4, -0.2) is 39.3 Å². The molecule has 0 aromatic heterocycles. The number of nitrogens with zero attached hydrogens (tertiary/aromatic N) is 1. The standard InChI is InChI=1S/C4H8ClNO4S/c1-6(10-2)4(7)3-11(5,8)9/h3H2,1-2H3. The van der Waals surface area contributed by atoms with Crippen molar-refractivity contribution in [3.05, 3.63) is 0 Å². The van der Waals surface area contributed by atoms with Crippen molar-refractivity contribution in [3.8, 4) is 0 Å². The first-order valence-corrected chi connectivity index (χ1v) is 5.07. The van der Waals surface area contributed by atoms with Crippen LogP contribution in [0.3, 0.4) is 0 Å². The Morgan fingerprint density at radius 2 is 2.09 bits per heavy atom. The summed E-state index contributed by atoms with van der Waals surface area (Å²) in [6, 6.07) is 0. The molecule has 7 heteroatoms. The van der Waals surface area contributed by atoms with Gasteiger partial charge in [-0.2, -0.15) is 0 Å². The molecule has 0 heterocycles. The first kappa shape index (κ1) is 10.7. The molecule has 1 amide bonds. The van der Waals surface area contributed by atoms with Crippen LogP contribution >= 0.6 is 10.7 Å². The molecule has 0 N–H and O–H groups in total. The monoisotopic (exact) mass is 201 g/mol. The van der Waals surface area contributed by atoms with E-state index in [9.17, 15) is 13.2 Å². The average Bonchev–Trinajstić information content (AvgIpc) is 1.82. The normalized spacial score (nSPS) is 11.2. The summed E-state index contributed by atoms with van der Waals surface area (Å²) in [6.45, 7) is 0. The van der Waals surface area contributed by atoms with E-state index < -0.39 is 20.7 Å². The summed E-state index contributed by atoms with van der Waals surface area (Å²) in [5.41, 5.74) is 0. The fourth-order valence-electron chi connectivity index (χ4n) is 0.340. The Labute approximate surface area is 69.3 Å². The average molecular weight is 202 g/mol. The molecule has 0 saturated heterocycles. The quantitative estimate of drug-likeness (QED) is 0.460. The maximum atomic E-state index is 10.7. The van der Waals surface area contributed by atoms with Crippen molar-refractivity contribution in [3.63, 3.8) is 0 Å². The molecule has 0 aliphatic heterocycles. The van der Waals surface area contributed by atoms with Crippen LogP contribution in [0.25, 0.3) is 0 Å². The number of carbonyl (C=O) groups excluding carboxylic acids is 1. The highest BCUT2D eigenvalue weighted by atomic mass is 35.7. The number of amides is 1. The second-order valence-electron chi connectivity index (χ2n) is 1.76. The first-order chi connectivity index (χ1) is 4.87. The van der Waals surface area contributed by atoms with Crippen molar-refractivity contribution in [2.24, 2.45) is 0 Å². The molecule has 0 rings (SSSR count). The van der Waals surface area contributed by atoms with Crippen LogP contribution < -0.4 is 0 Å². The number of hydroxylamine groups is 2. The van der Waals surface area contributed by atoms with Crippen LogP contribution in [0.1, 0.15) is 0 Å². The van der Waals surface area contributed by atoms with E-state index in [4.69, 9.17) is 10.7 Å². The SMILES string of the molecule is CON(C)C(=O)CS(=O)(=O)Cl. The number of carbonyl (C=O) groups is 1. The second-order valence-corrected chi connectivity index (χ2v) is 4.53. The third-order valence-corrected chi connectivity index (χ3v) is 1.84. The van der Waals surface area contributed by atoms with Crippen LogP contribution in [0.4, 0.5) is 0 Å². The molecular formula is C4H8ClNO4S. The van der Waals surface area contributed by atoms with Gasteiger partial charge in [0.1, 0.15) is 5.75 Å². The van der Waals surface area contributed by atoms with Crippen LogP contribution in [0, 0.1) is 0 Å². The van der Waals surface area contributed by atoms with E-state index in [0.29, 0.717) is 0 Å². The van der Waals surface area contributed by atoms with Crippen molar-refractivity contribution < 1.29 is 18.0 Å². The molecule has 0 saturated carbocycles. The van der Waals surface area contributed by atoms with Crippen LogP contribution in [0.15, 0.2) is 0 Å². The summed E-state index contributed by atoms with van der Waals surface area (Å²) in [5, 5.41) is 0.792. The van der Waals surface area contributed by atoms with Crippen molar-refractivity contribution in [2.45, 2.75) is 0 Å². The third-order valence-electron chi connectivity index (χ3n) is 0.921. The highest BCUT2D eigenvalue weighted by Crippen LogP contribution is 1.97. The molecule has 0 spiro atoms. The van der Waals surface area contributed by atoms with Gasteiger partial charge in [-0.05, 0) is 0 Å². The molecule has 0 bridgehead atoms. The number of hydrogen-bond acceptors (Lipinski definition) is 4. The fraction of sp³-hybridized carbons (Fsp3) is 0.750. The highest BCUT2D eigenvalue weighted by Gasteiger charge is 2.16. The molecule has 0 unspecified atom stereocenters. The summed E-state index contributed by atoms with van der Waals surface area (Å²) in [7, 11) is 3.57. The summed E-state index contributed by atoms with van der Waals surface area (Å²) in [5.74, 6) is -1.46. The Morgan fingerprint density at radius 3 is 2.36 bits per heavy atom. The fourth-order valence-corrected chi connectivity index (χ4v) is 1.10. The smallest absolute Gasteiger partial charge is 0.262 e. The van der Waals surface area contributed by atoms with E-state index in [-0.39, 0.29) is 0 Å². The minimum atomic E-state index is -3.78. The minimum Gasteiger partial charge on any atom is -0.275 e. The summed E-state index contributed by atoms with van der Waals surface area (Å²) in [4.78, 5) is 15.1. The van der Waals surface area contributed by atoms with Gasteiger partial charge >= 0.3 is 0 Å². The zero-order valence-corrected chi connectivity index (χ0v) is 7.65. The zero-order chi connectivity index (χ0) is 9.07. The van der Waals surface area contributed by atoms with Crippen LogP contribution in [0.5, 0.6) is 0 Å². The van der Waals surface area contributed by atoms with E-state index in [1.54, 1.807) is 0 Å². The Bertz CT molecular complexity index is 236. The molecule has 66 valence electrons. The lowest BCUT2D eigenvalue weighted by molar-refractivity contribution is -0.165. The van der Waals surface area contributed by atoms with Crippen molar-refractivity contribution in [1.82, 2.24) is 5.06 Å². The summed E-state index contributed by atoms with van der Waals surface area (Å²) >= 11 is 0. The topological polar surface area (TPSA) is 63.7 Å². The lowest BCUT2D eigenvalue weighted by atomic mass is 10.7. The number of rotatable bonds is 3. The molecule has 0 aliphatic carbocycles. The summed E-state index contributed by atoms with van der Waals surface area (Å²) in [6.07, 6.45) is 0. The Morgan fingerprint density at radius 1 is 1.64 bits per heavy atom. The van der Waals surface area contributed by atoms with Crippen molar-refractivity contribution in [2.75, 3.05) is 19.9 Å². The number of halogens is 1. The Kier molecular flexibility index (Phi) is 3.77. The van der Waals surface area contributed by atoms with Gasteiger partial charge in [-0.25, -0.2) is 13.5 Å². The predicted octanol–water partition coefficient (Wildman–Crippen LogP) is -0.425. The van der Waals surface area contributed by atoms with E-state index in [1.807, 2.05) is 0 Å². The van der Waals surface area contributed by atoms with Gasteiger partial charge in [-0.1, -0.05) is 0 Å². The highest BCUT2D eigenvalue weighted by molar-refractivity contribution is 8.14. The Hall–Kier alpha value is -0.330. The van der Waals surface area contributed by atoms with Crippen molar-refractivity contribution >= 4 is 25.6 Å². The van der Waals surface area contributed by atoms with E-state index in [2.05, 4.69) is 4.84 Å². The number of hydrogen-bond donors (Lipinski definition) is 0. The van der Waals surface area contributed by atoms with Gasteiger partial charge in [-0.3, -0.25) is 9.63 Å². The predicted molar refractivity (Wildman–Crippen MR) is 39.4 cm³/mol. The Balaban J connectivity index is 4.10. The molecule has 11 heavy (non-hydrogen) atoms. The molecular weight excluding hydrogens is 194 g/mol. The van der Waals surface area contributed by atoms with E-state index in [0.717, 1.165) is 5.06 Å². The molecule has 0 aromatic rings. The van der Waals surface area contributed by atoms with Crippen LogP contribution in [-0.2, 0) is 18.7 Å². The van der Waals surface area contributed by atoms with E-state index >= 15 is 0 Å². The minimum absolute atomic E-state index is 0.706. The molecule has 0 aromatic carbocycles. The van der Waals surface area contributed by atoms with Gasteiger partial charge in [0, 0.05) is 17.7 Å². The van der Waals surface area contributed by atoms with Gasteiger partial charge in [0.2, 0.25) is 9.05 Å². The van der Waals surface area contributed by atoms with Gasteiger partial charge in [0.15, 0.2) is 0 Å². The largest absolute Gasteiger partial charge is 0.275 e. The molecule has 0 atom stereocenters. The lowest BCUT2D eigenvalue weighted by Gasteiger charge is -2.11. The van der Waals surface area contributed by atoms with Crippen molar-refractivity contribution in [1.29, 1.82) is 0 Å². The van der Waals surface area contributed by atoms with Gasteiger partial charge < -0.3 is 0 Å². The zero-order valence-electron chi connectivity index (χ0n) is 6.07. The second kappa shape index (κ2) is 3.89. The van der Waals surface area contributed by atoms with Gasteiger partial charge in [0.25, 0.3) is 5.91 Å².